The molecule has 2 aromatic carbocycles. The first kappa shape index (κ1) is 32.7. The molecule has 0 amide bonds. The molecule has 0 aliphatic heterocycles. The lowest BCUT2D eigenvalue weighted by Crippen LogP contribution is -2.83. The van der Waals surface area contributed by atoms with E-state index in [-0.39, 0.29) is 22.5 Å². The van der Waals surface area contributed by atoms with Gasteiger partial charge < -0.3 is 31.2 Å². The van der Waals surface area contributed by atoms with Crippen molar-refractivity contribution in [2.75, 3.05) is 37.6 Å². The number of benzene rings is 2. The van der Waals surface area contributed by atoms with E-state index >= 15 is 0 Å². The van der Waals surface area contributed by atoms with Crippen molar-refractivity contribution in [2.24, 2.45) is 0 Å². The minimum Gasteiger partial charge on any atom is -0.744 e. The molecule has 8 N–H and O–H groups in total. The van der Waals surface area contributed by atoms with Crippen LogP contribution >= 0.6 is 0 Å². The van der Waals surface area contributed by atoms with Crippen LogP contribution in [0, 0.1) is 0 Å². The topological polar surface area (TPSA) is 200 Å². The number of hydrogen-bond donors (Lipinski definition) is 4. The first-order valence-corrected chi connectivity index (χ1v) is 13.4. The van der Waals surface area contributed by atoms with E-state index in [1.54, 1.807) is 0 Å². The van der Waals surface area contributed by atoms with Gasteiger partial charge in [0.15, 0.2) is 0 Å². The fourth-order valence-corrected chi connectivity index (χ4v) is 4.06. The third-order valence-electron chi connectivity index (χ3n) is 4.17. The Labute approximate surface area is 213 Å². The third kappa shape index (κ3) is 12.4. The summed E-state index contributed by atoms with van der Waals surface area (Å²) >= 11 is 0. The van der Waals surface area contributed by atoms with Gasteiger partial charge in [-0.3, -0.25) is 0 Å². The van der Waals surface area contributed by atoms with Gasteiger partial charge in [0.05, 0.1) is 36.0 Å². The zero-order valence-corrected chi connectivity index (χ0v) is 21.6. The van der Waals surface area contributed by atoms with Crippen molar-refractivity contribution in [1.29, 1.82) is 0 Å². The molecule has 0 unspecified atom stereocenters. The number of quaternary nitrogens is 2. The van der Waals surface area contributed by atoms with Crippen molar-refractivity contribution in [2.45, 2.75) is 9.79 Å². The van der Waals surface area contributed by atoms with Crippen LogP contribution in [0.4, 0.5) is 11.4 Å². The van der Waals surface area contributed by atoms with Gasteiger partial charge in [-0.15, -0.1) is 0 Å². The van der Waals surface area contributed by atoms with Gasteiger partial charge >= 0.3 is 0 Å². The smallest absolute Gasteiger partial charge is 0.125 e. The van der Waals surface area contributed by atoms with Gasteiger partial charge in [-0.05, 0) is 48.6 Å². The van der Waals surface area contributed by atoms with Crippen molar-refractivity contribution in [3.8, 4) is 11.1 Å². The molecule has 0 aliphatic carbocycles. The molecule has 0 spiro atoms. The Hall–Kier alpha value is -3.26. The zero-order valence-electron chi connectivity index (χ0n) is 20.0. The summed E-state index contributed by atoms with van der Waals surface area (Å²) in [5.74, 6) is 0. The summed E-state index contributed by atoms with van der Waals surface area (Å²) < 4.78 is 68.1. The molecule has 10 nitrogen and oxygen atoms in total. The second-order valence-electron chi connectivity index (χ2n) is 7.09. The molecule has 0 bridgehead atoms. The summed E-state index contributed by atoms with van der Waals surface area (Å²) in [7, 11) is -9.87. The number of hydrogen-bond acceptors (Lipinski definition) is 8. The molecule has 0 saturated carbocycles. The van der Waals surface area contributed by atoms with E-state index in [1.165, 1.54) is 12.1 Å². The maximum Gasteiger partial charge on any atom is 0.125 e. The Balaban J connectivity index is 0.000000720. The minimum absolute atomic E-state index is 0.000139. The fraction of sp³-hybridized carbons (Fsp3) is 0.167. The molecular formula is C24H34N4O6S2. The molecule has 198 valence electrons. The van der Waals surface area contributed by atoms with Crippen LogP contribution in [0.1, 0.15) is 0 Å². The van der Waals surface area contributed by atoms with Crippen molar-refractivity contribution in [3.05, 3.63) is 87.0 Å². The normalized spacial score (nSPS) is 10.6. The highest BCUT2D eigenvalue weighted by Crippen LogP contribution is 2.34. The zero-order chi connectivity index (χ0) is 27.8. The van der Waals surface area contributed by atoms with E-state index in [0.29, 0.717) is 0 Å². The molecule has 36 heavy (non-hydrogen) atoms. The SMILES string of the molecule is C=CC[NH2+]CC=C.C=CC[NH2+]CC=C.Nc1ccc(-c2ccc(N)cc2S(=O)(=O)[O-])c(S(=O)(=O)[O-])c1. The maximum atomic E-state index is 11.3. The number of anilines is 2. The summed E-state index contributed by atoms with van der Waals surface area (Å²) in [6.45, 7) is 18.2. The molecule has 0 radical (unpaired) electrons. The summed E-state index contributed by atoms with van der Waals surface area (Å²) in [5.41, 5.74) is 10.4. The maximum absolute atomic E-state index is 11.3. The van der Waals surface area contributed by atoms with Gasteiger partial charge in [0.25, 0.3) is 0 Å². The Morgan fingerprint density at radius 3 is 1.14 bits per heavy atom. The molecule has 0 saturated heterocycles. The number of nitrogen functional groups attached to an aromatic ring is 2. The minimum atomic E-state index is -4.93. The van der Waals surface area contributed by atoms with Gasteiger partial charge in [0, 0.05) is 22.5 Å². The number of rotatable bonds is 11. The summed E-state index contributed by atoms with van der Waals surface area (Å²) in [4.78, 5) is -1.44. The third-order valence-corrected chi connectivity index (χ3v) is 5.93. The van der Waals surface area contributed by atoms with E-state index in [0.717, 1.165) is 50.4 Å². The van der Waals surface area contributed by atoms with E-state index in [1.807, 2.05) is 24.3 Å². The van der Waals surface area contributed by atoms with Crippen LogP contribution in [-0.2, 0) is 20.2 Å². The first-order chi connectivity index (χ1) is 16.8. The fourth-order valence-electron chi connectivity index (χ4n) is 2.60. The lowest BCUT2D eigenvalue weighted by molar-refractivity contribution is -0.637. The molecule has 0 heterocycles. The lowest BCUT2D eigenvalue weighted by Gasteiger charge is -2.18. The van der Waals surface area contributed by atoms with E-state index in [9.17, 15) is 25.9 Å². The second kappa shape index (κ2) is 16.4. The van der Waals surface area contributed by atoms with Crippen LogP contribution in [-0.4, -0.2) is 52.1 Å². The van der Waals surface area contributed by atoms with Gasteiger partial charge in [-0.1, -0.05) is 38.4 Å². The Kier molecular flexibility index (Phi) is 14.9. The average Bonchev–Trinajstić information content (AvgIpc) is 2.80. The van der Waals surface area contributed by atoms with Gasteiger partial charge in [-0.25, -0.2) is 16.8 Å². The van der Waals surface area contributed by atoms with E-state index < -0.39 is 30.0 Å². The van der Waals surface area contributed by atoms with Crippen LogP contribution in [0.2, 0.25) is 0 Å². The predicted octanol–water partition coefficient (Wildman–Crippen LogP) is 0.170. The molecule has 2 aromatic rings. The van der Waals surface area contributed by atoms with Crippen LogP contribution in [0.3, 0.4) is 0 Å². The van der Waals surface area contributed by atoms with E-state index in [2.05, 4.69) is 36.9 Å². The Morgan fingerprint density at radius 1 is 0.639 bits per heavy atom. The summed E-state index contributed by atoms with van der Waals surface area (Å²) in [6, 6.07) is 6.66. The molecular weight excluding hydrogens is 504 g/mol. The summed E-state index contributed by atoms with van der Waals surface area (Å²) in [5, 5.41) is 4.25. The molecule has 0 aromatic heterocycles. The molecule has 0 fully saturated rings. The monoisotopic (exact) mass is 538 g/mol. The summed E-state index contributed by atoms with van der Waals surface area (Å²) in [6.07, 6.45) is 7.51. The molecule has 0 aliphatic rings. The lowest BCUT2D eigenvalue weighted by atomic mass is 10.0. The van der Waals surface area contributed by atoms with Crippen LogP contribution in [0.15, 0.2) is 96.8 Å². The van der Waals surface area contributed by atoms with E-state index in [4.69, 9.17) is 11.5 Å². The van der Waals surface area contributed by atoms with Crippen molar-refractivity contribution in [3.63, 3.8) is 0 Å². The quantitative estimate of drug-likeness (QED) is 0.134. The molecule has 0 atom stereocenters. The largest absolute Gasteiger partial charge is 0.744 e. The highest BCUT2D eigenvalue weighted by Gasteiger charge is 2.17. The predicted molar refractivity (Wildman–Crippen MR) is 141 cm³/mol. The van der Waals surface area contributed by atoms with Crippen LogP contribution < -0.4 is 22.1 Å². The van der Waals surface area contributed by atoms with Gasteiger partial charge in [0.1, 0.15) is 20.2 Å². The van der Waals surface area contributed by atoms with Crippen molar-refractivity contribution >= 4 is 31.6 Å². The second-order valence-corrected chi connectivity index (χ2v) is 9.79. The Morgan fingerprint density at radius 2 is 0.917 bits per heavy atom. The molecule has 2 rings (SSSR count). The van der Waals surface area contributed by atoms with Crippen molar-refractivity contribution in [1.82, 2.24) is 0 Å². The van der Waals surface area contributed by atoms with Crippen molar-refractivity contribution < 1.29 is 36.6 Å². The van der Waals surface area contributed by atoms with Crippen LogP contribution in [0.25, 0.3) is 11.1 Å². The standard InChI is InChI=1S/C12H12N2O6S2.2C6H11N/c13-7-1-3-9(11(5-7)21(15,16)17)10-4-2-8(14)6-12(10)22(18,19)20;2*1-3-5-7-6-4-2/h1-6H,13-14H2,(H,15,16,17)(H,18,19,20);2*3-4,7H,1-2,5-6H2. The highest BCUT2D eigenvalue weighted by atomic mass is 32.2. The highest BCUT2D eigenvalue weighted by molar-refractivity contribution is 7.86. The van der Waals surface area contributed by atoms with Gasteiger partial charge in [-0.2, -0.15) is 0 Å². The number of nitrogens with two attached hydrogens (primary N) is 4. The molecule has 12 heteroatoms. The first-order valence-electron chi connectivity index (χ1n) is 10.6. The van der Waals surface area contributed by atoms with Gasteiger partial charge in [0.2, 0.25) is 0 Å². The Bertz CT molecular complexity index is 1130. The average molecular weight is 539 g/mol. The van der Waals surface area contributed by atoms with Crippen LogP contribution in [0.5, 0.6) is 0 Å².